The van der Waals surface area contributed by atoms with Gasteiger partial charge in [-0.1, -0.05) is 6.92 Å². The minimum Gasteiger partial charge on any atom is -0.309 e. The predicted molar refractivity (Wildman–Crippen MR) is 71.4 cm³/mol. The Morgan fingerprint density at radius 1 is 1.56 bits per heavy atom. The van der Waals surface area contributed by atoms with Gasteiger partial charge in [-0.3, -0.25) is 4.21 Å². The molecule has 1 N–H and O–H groups in total. The van der Waals surface area contributed by atoms with E-state index in [2.05, 4.69) is 17.2 Å². The van der Waals surface area contributed by atoms with Gasteiger partial charge in [0.15, 0.2) is 0 Å². The number of aromatic nitrogens is 1. The highest BCUT2D eigenvalue weighted by atomic mass is 32.2. The summed E-state index contributed by atoms with van der Waals surface area (Å²) < 4.78 is 11.2. The van der Waals surface area contributed by atoms with Gasteiger partial charge in [0, 0.05) is 33.2 Å². The first-order chi connectivity index (χ1) is 7.52. The molecule has 0 amide bonds. The second-order valence-corrected chi connectivity index (χ2v) is 6.76. The zero-order valence-corrected chi connectivity index (χ0v) is 12.0. The Labute approximate surface area is 104 Å². The quantitative estimate of drug-likeness (QED) is 0.853. The molecule has 0 spiro atoms. The number of hydrogen-bond acceptors (Lipinski definition) is 4. The van der Waals surface area contributed by atoms with Crippen LogP contribution in [0.2, 0.25) is 0 Å². The topological polar surface area (TPSA) is 42.0 Å². The first-order valence-electron chi connectivity index (χ1n) is 5.48. The molecule has 3 unspecified atom stereocenters. The molecule has 5 heteroatoms. The number of rotatable bonds is 6. The largest absolute Gasteiger partial charge is 0.309 e. The molecule has 0 aliphatic rings. The lowest BCUT2D eigenvalue weighted by Crippen LogP contribution is -2.24. The van der Waals surface area contributed by atoms with Crippen molar-refractivity contribution in [3.63, 3.8) is 0 Å². The Kier molecular flexibility index (Phi) is 5.58. The molecule has 92 valence electrons. The molecule has 0 saturated heterocycles. The summed E-state index contributed by atoms with van der Waals surface area (Å²) in [5, 5.41) is 3.71. The summed E-state index contributed by atoms with van der Waals surface area (Å²) in [5.41, 5.74) is 2.99. The van der Waals surface area contributed by atoms with E-state index in [1.165, 1.54) is 4.88 Å². The molecule has 1 rings (SSSR count). The molecule has 3 nitrogen and oxygen atoms in total. The average Bonchev–Trinajstić information content (AvgIpc) is 2.64. The molecular weight excluding hydrogens is 240 g/mol. The van der Waals surface area contributed by atoms with Crippen LogP contribution in [0.4, 0.5) is 0 Å². The first-order valence-corrected chi connectivity index (χ1v) is 7.98. The van der Waals surface area contributed by atoms with Crippen molar-refractivity contribution in [2.45, 2.75) is 38.5 Å². The van der Waals surface area contributed by atoms with Crippen LogP contribution in [0.25, 0.3) is 0 Å². The summed E-state index contributed by atoms with van der Waals surface area (Å²) in [6, 6.07) is 0.338. The molecule has 0 bridgehead atoms. The van der Waals surface area contributed by atoms with Crippen molar-refractivity contribution < 1.29 is 4.21 Å². The van der Waals surface area contributed by atoms with Crippen molar-refractivity contribution in [1.82, 2.24) is 10.3 Å². The fourth-order valence-electron chi connectivity index (χ4n) is 1.49. The van der Waals surface area contributed by atoms with Crippen LogP contribution in [0.5, 0.6) is 0 Å². The molecule has 0 aromatic carbocycles. The molecule has 1 heterocycles. The lowest BCUT2D eigenvalue weighted by Gasteiger charge is -2.14. The minimum absolute atomic E-state index is 0.266. The van der Waals surface area contributed by atoms with Gasteiger partial charge in [0.05, 0.1) is 11.2 Å². The zero-order valence-electron chi connectivity index (χ0n) is 10.3. The molecule has 0 saturated carbocycles. The van der Waals surface area contributed by atoms with Crippen LogP contribution >= 0.6 is 11.3 Å². The lowest BCUT2D eigenvalue weighted by molar-refractivity contribution is 0.557. The van der Waals surface area contributed by atoms with E-state index in [9.17, 15) is 4.21 Å². The smallest absolute Gasteiger partial charge is 0.0798 e. The molecular formula is C11H20N2OS2. The van der Waals surface area contributed by atoms with Gasteiger partial charge in [-0.25, -0.2) is 4.98 Å². The van der Waals surface area contributed by atoms with E-state index in [4.69, 9.17) is 0 Å². The van der Waals surface area contributed by atoms with E-state index in [-0.39, 0.29) is 5.25 Å². The molecule has 1 aromatic rings. The van der Waals surface area contributed by atoms with Crippen LogP contribution in [0, 0.1) is 6.92 Å². The highest BCUT2D eigenvalue weighted by Crippen LogP contribution is 2.20. The van der Waals surface area contributed by atoms with Crippen molar-refractivity contribution in [1.29, 1.82) is 0 Å². The summed E-state index contributed by atoms with van der Waals surface area (Å²) >= 11 is 1.69. The molecule has 0 aliphatic carbocycles. The van der Waals surface area contributed by atoms with E-state index < -0.39 is 10.8 Å². The highest BCUT2D eigenvalue weighted by Gasteiger charge is 2.11. The molecule has 0 aliphatic heterocycles. The van der Waals surface area contributed by atoms with Gasteiger partial charge < -0.3 is 5.32 Å². The molecule has 0 fully saturated rings. The standard InChI is InChI=1S/C11H20N2OS2/c1-8(16(4)14)5-6-12-9(2)11-10(3)13-7-15-11/h7-9,12H,5-6H2,1-4H3. The fourth-order valence-corrected chi connectivity index (χ4v) is 2.77. The monoisotopic (exact) mass is 260 g/mol. The highest BCUT2D eigenvalue weighted by molar-refractivity contribution is 7.84. The number of nitrogens with zero attached hydrogens (tertiary/aromatic N) is 1. The van der Waals surface area contributed by atoms with Gasteiger partial charge in [-0.05, 0) is 26.8 Å². The van der Waals surface area contributed by atoms with Crippen LogP contribution in [0.1, 0.15) is 36.9 Å². The van der Waals surface area contributed by atoms with Gasteiger partial charge in [-0.15, -0.1) is 11.3 Å². The van der Waals surface area contributed by atoms with Gasteiger partial charge in [0.25, 0.3) is 0 Å². The average molecular weight is 260 g/mol. The minimum atomic E-state index is -0.716. The number of thiazole rings is 1. The summed E-state index contributed by atoms with van der Waals surface area (Å²) in [4.78, 5) is 5.54. The van der Waals surface area contributed by atoms with Crippen LogP contribution in [-0.4, -0.2) is 27.2 Å². The second kappa shape index (κ2) is 6.47. The Bertz CT molecular complexity index is 352. The van der Waals surface area contributed by atoms with E-state index >= 15 is 0 Å². The van der Waals surface area contributed by atoms with Crippen molar-refractivity contribution in [3.8, 4) is 0 Å². The molecule has 16 heavy (non-hydrogen) atoms. The van der Waals surface area contributed by atoms with E-state index in [0.29, 0.717) is 6.04 Å². The van der Waals surface area contributed by atoms with Crippen molar-refractivity contribution >= 4 is 22.1 Å². The van der Waals surface area contributed by atoms with E-state index in [0.717, 1.165) is 18.7 Å². The van der Waals surface area contributed by atoms with Gasteiger partial charge in [0.1, 0.15) is 0 Å². The van der Waals surface area contributed by atoms with Crippen molar-refractivity contribution in [2.24, 2.45) is 0 Å². The van der Waals surface area contributed by atoms with Crippen LogP contribution in [-0.2, 0) is 10.8 Å². The van der Waals surface area contributed by atoms with Gasteiger partial charge in [-0.2, -0.15) is 0 Å². The molecule has 0 radical (unpaired) electrons. The zero-order chi connectivity index (χ0) is 12.1. The van der Waals surface area contributed by atoms with Crippen molar-refractivity contribution in [2.75, 3.05) is 12.8 Å². The Balaban J connectivity index is 2.34. The SMILES string of the molecule is Cc1ncsc1C(C)NCCC(C)S(C)=O. The molecule has 1 aromatic heterocycles. The van der Waals surface area contributed by atoms with Crippen LogP contribution < -0.4 is 5.32 Å². The van der Waals surface area contributed by atoms with Crippen molar-refractivity contribution in [3.05, 3.63) is 16.1 Å². The maximum Gasteiger partial charge on any atom is 0.0798 e. The third kappa shape index (κ3) is 3.96. The Hall–Kier alpha value is -0.260. The third-order valence-electron chi connectivity index (χ3n) is 2.74. The van der Waals surface area contributed by atoms with E-state index in [1.807, 2.05) is 19.4 Å². The Morgan fingerprint density at radius 2 is 2.25 bits per heavy atom. The normalized spacial score (nSPS) is 17.0. The van der Waals surface area contributed by atoms with Gasteiger partial charge in [0.2, 0.25) is 0 Å². The lowest BCUT2D eigenvalue weighted by atomic mass is 10.2. The van der Waals surface area contributed by atoms with Crippen LogP contribution in [0.15, 0.2) is 5.51 Å². The van der Waals surface area contributed by atoms with Gasteiger partial charge >= 0.3 is 0 Å². The first kappa shape index (κ1) is 13.8. The summed E-state index contributed by atoms with van der Waals surface area (Å²) in [6.07, 6.45) is 2.72. The number of hydrogen-bond donors (Lipinski definition) is 1. The number of aryl methyl sites for hydroxylation is 1. The Morgan fingerprint density at radius 3 is 2.75 bits per heavy atom. The fraction of sp³-hybridized carbons (Fsp3) is 0.727. The summed E-state index contributed by atoms with van der Waals surface area (Å²) in [6.45, 7) is 7.11. The maximum absolute atomic E-state index is 11.2. The molecule has 3 atom stereocenters. The summed E-state index contributed by atoms with van der Waals surface area (Å²) in [5.74, 6) is 0. The third-order valence-corrected chi connectivity index (χ3v) is 5.23. The summed E-state index contributed by atoms with van der Waals surface area (Å²) in [7, 11) is -0.716. The van der Waals surface area contributed by atoms with E-state index in [1.54, 1.807) is 17.6 Å². The second-order valence-electron chi connectivity index (χ2n) is 4.08. The van der Waals surface area contributed by atoms with Crippen LogP contribution in [0.3, 0.4) is 0 Å². The predicted octanol–water partition coefficient (Wildman–Crippen LogP) is 2.26. The number of nitrogens with one attached hydrogen (secondary N) is 1. The maximum atomic E-state index is 11.2.